The monoisotopic (exact) mass is 300 g/mol. The fourth-order valence-corrected chi connectivity index (χ4v) is 2.66. The molecule has 0 unspecified atom stereocenters. The van der Waals surface area contributed by atoms with Crippen LogP contribution >= 0.6 is 0 Å². The van der Waals surface area contributed by atoms with Gasteiger partial charge in [-0.3, -0.25) is 0 Å². The van der Waals surface area contributed by atoms with Gasteiger partial charge in [0, 0.05) is 37.7 Å². The Morgan fingerprint density at radius 3 is 2.59 bits per heavy atom. The zero-order valence-corrected chi connectivity index (χ0v) is 13.0. The highest BCUT2D eigenvalue weighted by molar-refractivity contribution is 5.75. The predicted molar refractivity (Wildman–Crippen MR) is 86.6 cm³/mol. The van der Waals surface area contributed by atoms with Gasteiger partial charge in [0.05, 0.1) is 11.9 Å². The summed E-state index contributed by atoms with van der Waals surface area (Å²) in [5.41, 5.74) is 2.15. The van der Waals surface area contributed by atoms with E-state index in [4.69, 9.17) is 0 Å². The topological polar surface area (TPSA) is 41.1 Å². The molecule has 1 aromatic heterocycles. The minimum absolute atomic E-state index is 0.211. The first-order chi connectivity index (χ1) is 10.7. The number of rotatable bonds is 3. The second-order valence-corrected chi connectivity index (χ2v) is 5.83. The van der Waals surface area contributed by atoms with Crippen molar-refractivity contribution in [2.24, 2.45) is 0 Å². The Labute approximate surface area is 130 Å². The van der Waals surface area contributed by atoms with Gasteiger partial charge in [-0.2, -0.15) is 0 Å². The number of hydrogen-bond acceptors (Lipinski definition) is 4. The fraction of sp³-hybridized carbons (Fsp3) is 0.412. The Balaban J connectivity index is 2.11. The number of benzene rings is 1. The minimum atomic E-state index is -0.243. The van der Waals surface area contributed by atoms with Gasteiger partial charge in [-0.1, -0.05) is 26.0 Å². The third-order valence-electron chi connectivity index (χ3n) is 3.89. The van der Waals surface area contributed by atoms with Crippen molar-refractivity contribution in [2.75, 3.05) is 31.1 Å². The normalized spacial score (nSPS) is 15.4. The van der Waals surface area contributed by atoms with Crippen LogP contribution in [-0.2, 0) is 0 Å². The molecule has 2 aromatic rings. The van der Waals surface area contributed by atoms with Crippen molar-refractivity contribution in [3.05, 3.63) is 42.1 Å². The summed E-state index contributed by atoms with van der Waals surface area (Å²) in [5, 5.41) is 3.33. The van der Waals surface area contributed by atoms with Crippen molar-refractivity contribution < 1.29 is 4.39 Å². The molecule has 0 aliphatic carbocycles. The molecule has 0 spiro atoms. The number of hydrogen-bond donors (Lipinski definition) is 1. The van der Waals surface area contributed by atoms with Crippen LogP contribution < -0.4 is 10.2 Å². The van der Waals surface area contributed by atoms with Gasteiger partial charge in [-0.05, 0) is 12.1 Å². The molecule has 0 bridgehead atoms. The van der Waals surface area contributed by atoms with Crippen LogP contribution in [0.4, 0.5) is 10.1 Å². The zero-order chi connectivity index (χ0) is 15.5. The first kappa shape index (κ1) is 14.9. The highest BCUT2D eigenvalue weighted by Gasteiger charge is 2.20. The van der Waals surface area contributed by atoms with Crippen molar-refractivity contribution in [1.29, 1.82) is 0 Å². The van der Waals surface area contributed by atoms with E-state index < -0.39 is 0 Å². The van der Waals surface area contributed by atoms with Crippen molar-refractivity contribution >= 4 is 5.69 Å². The van der Waals surface area contributed by atoms with Crippen molar-refractivity contribution in [3.8, 4) is 11.3 Å². The summed E-state index contributed by atoms with van der Waals surface area (Å²) in [6.07, 6.45) is 1.84. The molecule has 116 valence electrons. The number of halogens is 1. The molecule has 1 N–H and O–H groups in total. The first-order valence-corrected chi connectivity index (χ1v) is 7.74. The third kappa shape index (κ3) is 2.95. The maximum atomic E-state index is 14.3. The van der Waals surface area contributed by atoms with E-state index in [0.717, 1.165) is 37.7 Å². The van der Waals surface area contributed by atoms with Crippen LogP contribution in [0.1, 0.15) is 25.6 Å². The first-order valence-electron chi connectivity index (χ1n) is 7.74. The molecule has 1 aliphatic heterocycles. The van der Waals surface area contributed by atoms with E-state index in [1.165, 1.54) is 6.07 Å². The quantitative estimate of drug-likeness (QED) is 0.946. The summed E-state index contributed by atoms with van der Waals surface area (Å²) in [6.45, 7) is 7.69. The van der Waals surface area contributed by atoms with Gasteiger partial charge in [-0.25, -0.2) is 14.4 Å². The number of anilines is 1. The third-order valence-corrected chi connectivity index (χ3v) is 3.89. The highest BCUT2D eigenvalue weighted by Crippen LogP contribution is 2.31. The second kappa shape index (κ2) is 6.40. The van der Waals surface area contributed by atoms with Crippen LogP contribution in [0.2, 0.25) is 0 Å². The van der Waals surface area contributed by atoms with Gasteiger partial charge in [0.25, 0.3) is 0 Å². The molecule has 3 rings (SSSR count). The van der Waals surface area contributed by atoms with E-state index in [-0.39, 0.29) is 11.7 Å². The van der Waals surface area contributed by atoms with Crippen LogP contribution in [0.25, 0.3) is 11.3 Å². The number of nitrogens with one attached hydrogen (secondary N) is 1. The maximum absolute atomic E-state index is 14.3. The SMILES string of the molecule is CC(C)c1ncc(N2CCNCC2)c(-c2ccccc2F)n1. The van der Waals surface area contributed by atoms with E-state index in [1.54, 1.807) is 12.1 Å². The molecule has 2 heterocycles. The van der Waals surface area contributed by atoms with Gasteiger partial charge < -0.3 is 10.2 Å². The van der Waals surface area contributed by atoms with Crippen LogP contribution in [0.5, 0.6) is 0 Å². The Bertz CT molecular complexity index is 651. The van der Waals surface area contributed by atoms with Crippen LogP contribution in [0, 0.1) is 5.82 Å². The average molecular weight is 300 g/mol. The molecular weight excluding hydrogens is 279 g/mol. The van der Waals surface area contributed by atoms with Crippen LogP contribution in [0.15, 0.2) is 30.5 Å². The molecule has 0 atom stereocenters. The van der Waals surface area contributed by atoms with Gasteiger partial charge in [0.15, 0.2) is 0 Å². The molecule has 1 aromatic carbocycles. The molecule has 4 nitrogen and oxygen atoms in total. The van der Waals surface area contributed by atoms with Gasteiger partial charge in [0.1, 0.15) is 17.3 Å². The lowest BCUT2D eigenvalue weighted by molar-refractivity contribution is 0.587. The van der Waals surface area contributed by atoms with E-state index in [9.17, 15) is 4.39 Å². The summed E-state index contributed by atoms with van der Waals surface area (Å²) < 4.78 is 14.3. The minimum Gasteiger partial charge on any atom is -0.366 e. The maximum Gasteiger partial charge on any atom is 0.132 e. The molecule has 1 aliphatic rings. The van der Waals surface area contributed by atoms with Crippen LogP contribution in [-0.4, -0.2) is 36.1 Å². The Hall–Kier alpha value is -2.01. The summed E-state index contributed by atoms with van der Waals surface area (Å²) >= 11 is 0. The molecule has 22 heavy (non-hydrogen) atoms. The summed E-state index contributed by atoms with van der Waals surface area (Å²) in [7, 11) is 0. The van der Waals surface area contributed by atoms with Gasteiger partial charge >= 0.3 is 0 Å². The fourth-order valence-electron chi connectivity index (χ4n) is 2.66. The Morgan fingerprint density at radius 2 is 1.91 bits per heavy atom. The van der Waals surface area contributed by atoms with E-state index >= 15 is 0 Å². The molecule has 0 saturated carbocycles. The standard InChI is InChI=1S/C17H21FN4/c1-12(2)17-20-11-15(22-9-7-19-8-10-22)16(21-17)13-5-3-4-6-14(13)18/h3-6,11-12,19H,7-10H2,1-2H3. The smallest absolute Gasteiger partial charge is 0.132 e. The lowest BCUT2D eigenvalue weighted by atomic mass is 10.1. The van der Waals surface area contributed by atoms with Crippen molar-refractivity contribution in [2.45, 2.75) is 19.8 Å². The lowest BCUT2D eigenvalue weighted by Crippen LogP contribution is -2.43. The number of aromatic nitrogens is 2. The van der Waals surface area contributed by atoms with Gasteiger partial charge in [0.2, 0.25) is 0 Å². The van der Waals surface area contributed by atoms with Crippen molar-refractivity contribution in [3.63, 3.8) is 0 Å². The van der Waals surface area contributed by atoms with E-state index in [2.05, 4.69) is 20.2 Å². The Morgan fingerprint density at radius 1 is 1.18 bits per heavy atom. The largest absolute Gasteiger partial charge is 0.366 e. The molecule has 0 amide bonds. The summed E-state index contributed by atoms with van der Waals surface area (Å²) in [5.74, 6) is 0.715. The Kier molecular flexibility index (Phi) is 4.34. The molecule has 0 radical (unpaired) electrons. The second-order valence-electron chi connectivity index (χ2n) is 5.83. The average Bonchev–Trinajstić information content (AvgIpc) is 2.55. The summed E-state index contributed by atoms with van der Waals surface area (Å²) in [6, 6.07) is 6.81. The van der Waals surface area contributed by atoms with E-state index in [0.29, 0.717) is 11.3 Å². The van der Waals surface area contributed by atoms with Crippen molar-refractivity contribution in [1.82, 2.24) is 15.3 Å². The zero-order valence-electron chi connectivity index (χ0n) is 13.0. The van der Waals surface area contributed by atoms with E-state index in [1.807, 2.05) is 26.1 Å². The van der Waals surface area contributed by atoms with Gasteiger partial charge in [-0.15, -0.1) is 0 Å². The predicted octanol–water partition coefficient (Wildman–Crippen LogP) is 2.82. The lowest BCUT2D eigenvalue weighted by Gasteiger charge is -2.30. The molecule has 1 fully saturated rings. The number of nitrogens with zero attached hydrogens (tertiary/aromatic N) is 3. The number of piperazine rings is 1. The molecular formula is C17H21FN4. The highest BCUT2D eigenvalue weighted by atomic mass is 19.1. The molecule has 1 saturated heterocycles. The molecule has 5 heteroatoms. The summed E-state index contributed by atoms with van der Waals surface area (Å²) in [4.78, 5) is 11.4. The van der Waals surface area contributed by atoms with Crippen LogP contribution in [0.3, 0.4) is 0 Å².